The molecule has 0 saturated carbocycles. The van der Waals surface area contributed by atoms with Crippen LogP contribution in [0.15, 0.2) is 12.7 Å². The Morgan fingerprint density at radius 3 is 2.28 bits per heavy atom. The van der Waals surface area contributed by atoms with Crippen LogP contribution < -0.4 is 5.32 Å². The number of esters is 2. The number of hydrogen-bond acceptors (Lipinski definition) is 8. The van der Waals surface area contributed by atoms with E-state index < -0.39 is 56.5 Å². The normalized spacial score (nSPS) is 29.3. The van der Waals surface area contributed by atoms with Crippen molar-refractivity contribution in [3.05, 3.63) is 12.7 Å². The lowest BCUT2D eigenvalue weighted by atomic mass is 9.84. The van der Waals surface area contributed by atoms with Crippen molar-refractivity contribution in [2.45, 2.75) is 75.7 Å². The molecule has 10 heteroatoms. The van der Waals surface area contributed by atoms with Gasteiger partial charge in [0.2, 0.25) is 0 Å². The Kier molecular flexibility index (Phi) is 8.30. The molecule has 0 aromatic carbocycles. The molecule has 0 aromatic heterocycles. The molecule has 2 fully saturated rings. The molecule has 0 aliphatic carbocycles. The van der Waals surface area contributed by atoms with Gasteiger partial charge in [-0.25, -0.2) is 0 Å². The lowest BCUT2D eigenvalue weighted by molar-refractivity contribution is -0.181. The van der Waals surface area contributed by atoms with Gasteiger partial charge < -0.3 is 23.5 Å². The second-order valence-electron chi connectivity index (χ2n) is 9.90. The first-order valence-electron chi connectivity index (χ1n) is 10.9. The van der Waals surface area contributed by atoms with Gasteiger partial charge in [0.1, 0.15) is 6.04 Å². The number of likely N-dealkylation sites (tertiary alicyclic amines) is 1. The standard InChI is InChI=1S/C22H38N2O7Si/c1-10-11-24-16(18(28-5)19(24)25)17(31-32(8,9)22(2,3)4)15-13(20(26)29-6)12-14(23-15)21(27)30-7/h10,13-18,23H,1,11-12H2,2-9H3/t13-,14-,15+,16-,17+,18+/m0/s1. The minimum atomic E-state index is -2.36. The summed E-state index contributed by atoms with van der Waals surface area (Å²) in [5, 5.41) is 3.14. The van der Waals surface area contributed by atoms with Crippen LogP contribution in [-0.2, 0) is 33.0 Å². The summed E-state index contributed by atoms with van der Waals surface area (Å²) in [4.78, 5) is 39.4. The van der Waals surface area contributed by atoms with E-state index in [0.29, 0.717) is 6.54 Å². The zero-order valence-electron chi connectivity index (χ0n) is 20.5. The predicted octanol–water partition coefficient (Wildman–Crippen LogP) is 1.48. The molecule has 0 unspecified atom stereocenters. The van der Waals surface area contributed by atoms with Gasteiger partial charge in [-0.05, 0) is 24.6 Å². The topological polar surface area (TPSA) is 103 Å². The van der Waals surface area contributed by atoms with Crippen LogP contribution in [0.5, 0.6) is 0 Å². The van der Waals surface area contributed by atoms with Crippen molar-refractivity contribution in [3.8, 4) is 0 Å². The van der Waals surface area contributed by atoms with Crippen molar-refractivity contribution in [1.82, 2.24) is 10.2 Å². The average Bonchev–Trinajstić information content (AvgIpc) is 3.17. The van der Waals surface area contributed by atoms with Gasteiger partial charge in [-0.1, -0.05) is 26.8 Å². The molecule has 2 heterocycles. The number of amides is 1. The largest absolute Gasteiger partial charge is 0.469 e. The van der Waals surface area contributed by atoms with Crippen molar-refractivity contribution >= 4 is 26.2 Å². The van der Waals surface area contributed by atoms with Crippen LogP contribution in [0.3, 0.4) is 0 Å². The molecular formula is C22H38N2O7Si. The molecule has 182 valence electrons. The van der Waals surface area contributed by atoms with E-state index in [1.54, 1.807) is 11.0 Å². The molecule has 9 nitrogen and oxygen atoms in total. The maximum atomic E-state index is 12.7. The molecule has 32 heavy (non-hydrogen) atoms. The molecule has 2 rings (SSSR count). The Labute approximate surface area is 191 Å². The summed E-state index contributed by atoms with van der Waals surface area (Å²) < 4.78 is 22.3. The summed E-state index contributed by atoms with van der Waals surface area (Å²) >= 11 is 0. The number of nitrogens with one attached hydrogen (secondary N) is 1. The summed E-state index contributed by atoms with van der Waals surface area (Å²) in [5.41, 5.74) is 0. The van der Waals surface area contributed by atoms with Gasteiger partial charge in [-0.2, -0.15) is 0 Å². The van der Waals surface area contributed by atoms with Crippen LogP contribution in [0.2, 0.25) is 18.1 Å². The first-order valence-corrected chi connectivity index (χ1v) is 13.8. The SMILES string of the molecule is C=CCN1C(=O)[C@H](OC)[C@@H]1[C@H](O[Si](C)(C)C(C)(C)C)[C@@H]1N[C@H](C(=O)OC)C[C@@H]1C(=O)OC. The summed E-state index contributed by atoms with van der Waals surface area (Å²) in [6.07, 6.45) is 0.567. The quantitative estimate of drug-likeness (QED) is 0.234. The van der Waals surface area contributed by atoms with Crippen molar-refractivity contribution in [2.24, 2.45) is 5.92 Å². The molecule has 0 aromatic rings. The summed E-state index contributed by atoms with van der Waals surface area (Å²) in [7, 11) is 1.76. The Morgan fingerprint density at radius 1 is 1.22 bits per heavy atom. The molecule has 1 amide bonds. The third-order valence-corrected chi connectivity index (χ3v) is 11.5. The third kappa shape index (κ3) is 4.93. The number of nitrogens with zero attached hydrogens (tertiary/aromatic N) is 1. The Morgan fingerprint density at radius 2 is 1.81 bits per heavy atom. The zero-order valence-corrected chi connectivity index (χ0v) is 21.5. The lowest BCUT2D eigenvalue weighted by Gasteiger charge is -2.53. The van der Waals surface area contributed by atoms with Gasteiger partial charge >= 0.3 is 11.9 Å². The fourth-order valence-corrected chi connectivity index (χ4v) is 5.51. The van der Waals surface area contributed by atoms with E-state index in [0.717, 1.165) is 0 Å². The van der Waals surface area contributed by atoms with Crippen LogP contribution in [0.1, 0.15) is 27.2 Å². The van der Waals surface area contributed by atoms with E-state index in [4.69, 9.17) is 18.6 Å². The van der Waals surface area contributed by atoms with E-state index in [-0.39, 0.29) is 17.4 Å². The van der Waals surface area contributed by atoms with Crippen molar-refractivity contribution in [3.63, 3.8) is 0 Å². The highest BCUT2D eigenvalue weighted by Crippen LogP contribution is 2.42. The second-order valence-corrected chi connectivity index (χ2v) is 14.7. The maximum absolute atomic E-state index is 12.7. The van der Waals surface area contributed by atoms with E-state index >= 15 is 0 Å². The van der Waals surface area contributed by atoms with Crippen LogP contribution >= 0.6 is 0 Å². The van der Waals surface area contributed by atoms with Crippen LogP contribution in [0, 0.1) is 5.92 Å². The summed E-state index contributed by atoms with van der Waals surface area (Å²) in [6.45, 7) is 14.7. The minimum Gasteiger partial charge on any atom is -0.469 e. The fourth-order valence-electron chi connectivity index (χ4n) is 4.19. The third-order valence-electron chi connectivity index (χ3n) is 7.01. The Balaban J connectivity index is 2.53. The highest BCUT2D eigenvalue weighted by Gasteiger charge is 2.59. The van der Waals surface area contributed by atoms with Crippen molar-refractivity contribution < 1.29 is 33.0 Å². The Hall–Kier alpha value is -1.75. The molecule has 2 aliphatic heterocycles. The highest BCUT2D eigenvalue weighted by molar-refractivity contribution is 6.74. The van der Waals surface area contributed by atoms with Gasteiger partial charge in [-0.3, -0.25) is 19.7 Å². The van der Waals surface area contributed by atoms with Crippen LogP contribution in [0.4, 0.5) is 0 Å². The number of ether oxygens (including phenoxy) is 3. The maximum Gasteiger partial charge on any atom is 0.322 e. The number of carbonyl (C=O) groups excluding carboxylic acids is 3. The van der Waals surface area contributed by atoms with E-state index in [9.17, 15) is 14.4 Å². The van der Waals surface area contributed by atoms with Crippen LogP contribution in [0.25, 0.3) is 0 Å². The number of hydrogen-bond donors (Lipinski definition) is 1. The number of β-lactam (4-membered cyclic amide) rings is 1. The lowest BCUT2D eigenvalue weighted by Crippen LogP contribution is -2.74. The number of methoxy groups -OCH3 is 3. The van der Waals surface area contributed by atoms with E-state index in [2.05, 4.69) is 45.8 Å². The van der Waals surface area contributed by atoms with Gasteiger partial charge in [0.25, 0.3) is 5.91 Å². The van der Waals surface area contributed by atoms with Gasteiger partial charge in [-0.15, -0.1) is 6.58 Å². The smallest absolute Gasteiger partial charge is 0.322 e. The molecule has 0 radical (unpaired) electrons. The van der Waals surface area contributed by atoms with E-state index in [1.165, 1.54) is 21.3 Å². The molecular weight excluding hydrogens is 432 g/mol. The first kappa shape index (κ1) is 26.5. The number of carbonyl (C=O) groups is 3. The summed E-state index contributed by atoms with van der Waals surface area (Å²) in [5.74, 6) is -1.69. The molecule has 6 atom stereocenters. The monoisotopic (exact) mass is 470 g/mol. The van der Waals surface area contributed by atoms with Gasteiger partial charge in [0.15, 0.2) is 14.4 Å². The molecule has 2 saturated heterocycles. The van der Waals surface area contributed by atoms with Crippen LogP contribution in [-0.4, -0.2) is 89.3 Å². The highest BCUT2D eigenvalue weighted by atomic mass is 28.4. The number of rotatable bonds is 9. The molecule has 1 N–H and O–H groups in total. The molecule has 2 aliphatic rings. The predicted molar refractivity (Wildman–Crippen MR) is 121 cm³/mol. The second kappa shape index (κ2) is 10.0. The zero-order chi connectivity index (χ0) is 24.4. The molecule has 0 spiro atoms. The summed E-state index contributed by atoms with van der Waals surface area (Å²) in [6, 6.07) is -1.69. The Bertz CT molecular complexity index is 736. The first-order chi connectivity index (χ1) is 14.8. The van der Waals surface area contributed by atoms with Gasteiger partial charge in [0.05, 0.1) is 32.3 Å². The van der Waals surface area contributed by atoms with Gasteiger partial charge in [0, 0.05) is 19.7 Å². The van der Waals surface area contributed by atoms with Crippen molar-refractivity contribution in [2.75, 3.05) is 27.9 Å². The average molecular weight is 471 g/mol. The van der Waals surface area contributed by atoms with Crippen molar-refractivity contribution in [1.29, 1.82) is 0 Å². The fraction of sp³-hybridized carbons (Fsp3) is 0.773. The van der Waals surface area contributed by atoms with E-state index in [1.807, 2.05) is 0 Å². The molecule has 0 bridgehead atoms. The minimum absolute atomic E-state index is 0.119.